The van der Waals surface area contributed by atoms with Crippen LogP contribution in [0.15, 0.2) is 42.5 Å². The average Bonchev–Trinajstić information content (AvgIpc) is 2.97. The first-order chi connectivity index (χ1) is 12.7. The van der Waals surface area contributed by atoms with Crippen molar-refractivity contribution >= 4 is 28.5 Å². The summed E-state index contributed by atoms with van der Waals surface area (Å²) in [5, 5.41) is 0.138. The maximum Gasteiger partial charge on any atom is 0.449 e. The molecule has 4 nitrogen and oxygen atoms in total. The van der Waals surface area contributed by atoms with Gasteiger partial charge in [-0.25, -0.2) is 9.37 Å². The number of hydrogen-bond acceptors (Lipinski definition) is 2. The Labute approximate surface area is 157 Å². The van der Waals surface area contributed by atoms with Gasteiger partial charge in [-0.3, -0.25) is 4.79 Å². The number of carbonyl (C=O) groups is 1. The topological polar surface area (TPSA) is 38.1 Å². The third-order valence-corrected chi connectivity index (χ3v) is 4.44. The Hall–Kier alpha value is -2.61. The molecule has 142 valence electrons. The molecule has 0 aliphatic rings. The van der Waals surface area contributed by atoms with Crippen molar-refractivity contribution in [3.05, 3.63) is 64.7 Å². The van der Waals surface area contributed by atoms with E-state index in [-0.39, 0.29) is 28.2 Å². The highest BCUT2D eigenvalue weighted by atomic mass is 35.5. The molecule has 1 aromatic heterocycles. The zero-order chi connectivity index (χ0) is 19.8. The standard InChI is InChI=1S/C18H14ClF4N3O/c1-25(9-11-12(19)5-4-6-13(11)20)16(27)10-26-15-8-3-2-7-14(15)24-17(26)18(21,22)23/h2-8H,9-10H2,1H3. The van der Waals surface area contributed by atoms with Crippen molar-refractivity contribution in [3.63, 3.8) is 0 Å². The second kappa shape index (κ2) is 7.19. The minimum Gasteiger partial charge on any atom is -0.340 e. The van der Waals surface area contributed by atoms with Crippen LogP contribution in [0.1, 0.15) is 11.4 Å². The van der Waals surface area contributed by atoms with Gasteiger partial charge in [0.25, 0.3) is 0 Å². The molecule has 0 atom stereocenters. The summed E-state index contributed by atoms with van der Waals surface area (Å²) >= 11 is 5.94. The first-order valence-electron chi connectivity index (χ1n) is 7.88. The number of halogens is 5. The van der Waals surface area contributed by atoms with E-state index in [0.717, 1.165) is 9.47 Å². The summed E-state index contributed by atoms with van der Waals surface area (Å²) in [5.41, 5.74) is 0.425. The normalized spacial score (nSPS) is 11.8. The molecule has 0 N–H and O–H groups in total. The number of hydrogen-bond donors (Lipinski definition) is 0. The number of fused-ring (bicyclic) bond motifs is 1. The zero-order valence-electron chi connectivity index (χ0n) is 14.1. The molecule has 9 heteroatoms. The van der Waals surface area contributed by atoms with E-state index in [0.29, 0.717) is 0 Å². The average molecular weight is 400 g/mol. The number of para-hydroxylation sites is 2. The van der Waals surface area contributed by atoms with Crippen molar-refractivity contribution in [1.29, 1.82) is 0 Å². The number of alkyl halides is 3. The van der Waals surface area contributed by atoms with Crippen LogP contribution in [-0.4, -0.2) is 27.4 Å². The summed E-state index contributed by atoms with van der Waals surface area (Å²) in [6.45, 7) is -0.754. The Morgan fingerprint density at radius 3 is 2.56 bits per heavy atom. The smallest absolute Gasteiger partial charge is 0.340 e. The quantitative estimate of drug-likeness (QED) is 0.606. The van der Waals surface area contributed by atoms with Gasteiger partial charge in [0.1, 0.15) is 12.4 Å². The highest BCUT2D eigenvalue weighted by Gasteiger charge is 2.38. The van der Waals surface area contributed by atoms with Crippen LogP contribution in [-0.2, 0) is 24.1 Å². The molecule has 0 saturated carbocycles. The van der Waals surface area contributed by atoms with Crippen molar-refractivity contribution in [2.75, 3.05) is 7.05 Å². The highest BCUT2D eigenvalue weighted by Crippen LogP contribution is 2.31. The van der Waals surface area contributed by atoms with Gasteiger partial charge in [-0.1, -0.05) is 29.8 Å². The summed E-state index contributed by atoms with van der Waals surface area (Å²) in [4.78, 5) is 17.2. The van der Waals surface area contributed by atoms with Crippen LogP contribution in [0.25, 0.3) is 11.0 Å². The molecule has 0 unspecified atom stereocenters. The maximum atomic E-state index is 13.9. The lowest BCUT2D eigenvalue weighted by Crippen LogP contribution is -2.31. The van der Waals surface area contributed by atoms with Crippen LogP contribution in [0.4, 0.5) is 17.6 Å². The fourth-order valence-electron chi connectivity index (χ4n) is 2.72. The molecule has 0 saturated heterocycles. The van der Waals surface area contributed by atoms with Crippen LogP contribution in [0, 0.1) is 5.82 Å². The summed E-state index contributed by atoms with van der Waals surface area (Å²) in [6, 6.07) is 10.1. The lowest BCUT2D eigenvalue weighted by Gasteiger charge is -2.20. The van der Waals surface area contributed by atoms with Crippen molar-refractivity contribution < 1.29 is 22.4 Å². The Morgan fingerprint density at radius 2 is 1.89 bits per heavy atom. The molecule has 0 radical (unpaired) electrons. The fourth-order valence-corrected chi connectivity index (χ4v) is 2.94. The van der Waals surface area contributed by atoms with E-state index in [1.807, 2.05) is 0 Å². The van der Waals surface area contributed by atoms with Gasteiger partial charge in [0.05, 0.1) is 11.0 Å². The van der Waals surface area contributed by atoms with Crippen LogP contribution < -0.4 is 0 Å². The van der Waals surface area contributed by atoms with Gasteiger partial charge in [-0.15, -0.1) is 0 Å². The monoisotopic (exact) mass is 399 g/mol. The van der Waals surface area contributed by atoms with Crippen molar-refractivity contribution in [2.45, 2.75) is 19.3 Å². The number of nitrogens with zero attached hydrogens (tertiary/aromatic N) is 3. The largest absolute Gasteiger partial charge is 0.449 e. The third kappa shape index (κ3) is 3.90. The zero-order valence-corrected chi connectivity index (χ0v) is 14.9. The Bertz CT molecular complexity index is 980. The second-order valence-electron chi connectivity index (χ2n) is 5.96. The molecule has 27 heavy (non-hydrogen) atoms. The Kier molecular flexibility index (Phi) is 5.10. The molecule has 0 aliphatic heterocycles. The SMILES string of the molecule is CN(Cc1c(F)cccc1Cl)C(=O)Cn1c(C(F)(F)F)nc2ccccc21. The summed E-state index contributed by atoms with van der Waals surface area (Å²) in [6.07, 6.45) is -4.72. The van der Waals surface area contributed by atoms with Gasteiger partial charge in [0, 0.05) is 24.2 Å². The molecule has 0 spiro atoms. The molecule has 1 heterocycles. The van der Waals surface area contributed by atoms with E-state index in [9.17, 15) is 22.4 Å². The number of aromatic nitrogens is 2. The van der Waals surface area contributed by atoms with E-state index >= 15 is 0 Å². The molecule has 1 amide bonds. The summed E-state index contributed by atoms with van der Waals surface area (Å²) in [7, 11) is 1.37. The van der Waals surface area contributed by atoms with Gasteiger partial charge in [-0.2, -0.15) is 13.2 Å². The van der Waals surface area contributed by atoms with E-state index < -0.39 is 30.3 Å². The predicted octanol–water partition coefficient (Wildman–Crippen LogP) is 4.51. The molecule has 0 aliphatic carbocycles. The van der Waals surface area contributed by atoms with E-state index in [4.69, 9.17) is 11.6 Å². The van der Waals surface area contributed by atoms with Gasteiger partial charge in [0.15, 0.2) is 0 Å². The first kappa shape index (κ1) is 19.2. The molecule has 2 aromatic carbocycles. The summed E-state index contributed by atoms with van der Waals surface area (Å²) in [5.74, 6) is -2.39. The lowest BCUT2D eigenvalue weighted by molar-refractivity contribution is -0.148. The van der Waals surface area contributed by atoms with Crippen molar-refractivity contribution in [3.8, 4) is 0 Å². The molecular weight excluding hydrogens is 386 g/mol. The summed E-state index contributed by atoms with van der Waals surface area (Å²) < 4.78 is 54.7. The van der Waals surface area contributed by atoms with Gasteiger partial charge in [-0.05, 0) is 24.3 Å². The van der Waals surface area contributed by atoms with Crippen LogP contribution >= 0.6 is 11.6 Å². The fraction of sp³-hybridized carbons (Fsp3) is 0.222. The van der Waals surface area contributed by atoms with E-state index in [1.54, 1.807) is 12.1 Å². The van der Waals surface area contributed by atoms with Crippen molar-refractivity contribution in [2.24, 2.45) is 0 Å². The van der Waals surface area contributed by atoms with Gasteiger partial charge in [0.2, 0.25) is 11.7 Å². The Morgan fingerprint density at radius 1 is 1.19 bits per heavy atom. The second-order valence-corrected chi connectivity index (χ2v) is 6.37. The van der Waals surface area contributed by atoms with Crippen LogP contribution in [0.2, 0.25) is 5.02 Å². The molecule has 3 rings (SSSR count). The number of likely N-dealkylation sites (N-methyl/N-ethyl adjacent to an activating group) is 1. The van der Waals surface area contributed by atoms with E-state index in [1.165, 1.54) is 37.4 Å². The minimum absolute atomic E-state index is 0.0987. The van der Waals surface area contributed by atoms with Gasteiger partial charge < -0.3 is 9.47 Å². The lowest BCUT2D eigenvalue weighted by atomic mass is 10.2. The third-order valence-electron chi connectivity index (χ3n) is 4.08. The first-order valence-corrected chi connectivity index (χ1v) is 8.25. The van der Waals surface area contributed by atoms with Crippen molar-refractivity contribution in [1.82, 2.24) is 14.5 Å². The maximum absolute atomic E-state index is 13.9. The Balaban J connectivity index is 1.89. The molecule has 0 fully saturated rings. The number of imidazole rings is 1. The molecular formula is C18H14ClF4N3O. The molecule has 3 aromatic rings. The highest BCUT2D eigenvalue weighted by molar-refractivity contribution is 6.31. The number of amides is 1. The van der Waals surface area contributed by atoms with Gasteiger partial charge >= 0.3 is 6.18 Å². The van der Waals surface area contributed by atoms with E-state index in [2.05, 4.69) is 4.98 Å². The molecule has 0 bridgehead atoms. The number of benzene rings is 2. The van der Waals surface area contributed by atoms with Crippen LogP contribution in [0.3, 0.4) is 0 Å². The number of rotatable bonds is 4. The number of carbonyl (C=O) groups excluding carboxylic acids is 1. The van der Waals surface area contributed by atoms with Crippen LogP contribution in [0.5, 0.6) is 0 Å². The predicted molar refractivity (Wildman–Crippen MR) is 92.6 cm³/mol. The minimum atomic E-state index is -4.72.